The molecule has 1 aliphatic heterocycles. The minimum absolute atomic E-state index is 0.449. The van der Waals surface area contributed by atoms with E-state index in [1.165, 1.54) is 22.3 Å². The van der Waals surface area contributed by atoms with Gasteiger partial charge in [-0.15, -0.1) is 0 Å². The number of hydrogen-bond donors (Lipinski definition) is 0. The topological polar surface area (TPSA) is 12.5 Å². The molecule has 2 bridgehead atoms. The first kappa shape index (κ1) is 8.48. The summed E-state index contributed by atoms with van der Waals surface area (Å²) in [6, 6.07) is 17.7. The van der Waals surface area contributed by atoms with Crippen molar-refractivity contribution in [3.63, 3.8) is 0 Å². The van der Waals surface area contributed by atoms with Crippen LogP contribution in [0.2, 0.25) is 0 Å². The van der Waals surface area contributed by atoms with Crippen LogP contribution in [-0.2, 0) is 4.74 Å². The van der Waals surface area contributed by atoms with E-state index in [9.17, 15) is 0 Å². The molecule has 1 heterocycles. The number of ether oxygens (including phenoxy) is 1. The molecule has 0 spiro atoms. The van der Waals surface area contributed by atoms with Crippen LogP contribution in [-0.4, -0.2) is 12.2 Å². The molecule has 17 heavy (non-hydrogen) atoms. The molecule has 0 amide bonds. The Morgan fingerprint density at radius 2 is 0.941 bits per heavy atom. The third-order valence-corrected chi connectivity index (χ3v) is 4.55. The third kappa shape index (κ3) is 0.872. The summed E-state index contributed by atoms with van der Waals surface area (Å²) >= 11 is 0. The van der Waals surface area contributed by atoms with Crippen LogP contribution < -0.4 is 0 Å². The fraction of sp³-hybridized carbons (Fsp3) is 0.250. The lowest BCUT2D eigenvalue weighted by Gasteiger charge is -2.37. The lowest BCUT2D eigenvalue weighted by molar-refractivity contribution is 0.364. The van der Waals surface area contributed by atoms with E-state index < -0.39 is 0 Å². The molecule has 2 atom stereocenters. The van der Waals surface area contributed by atoms with Gasteiger partial charge in [0.15, 0.2) is 0 Å². The molecule has 82 valence electrons. The highest BCUT2D eigenvalue weighted by atomic mass is 16.6. The van der Waals surface area contributed by atoms with Crippen LogP contribution in [0.25, 0.3) is 0 Å². The van der Waals surface area contributed by atoms with Crippen molar-refractivity contribution >= 4 is 0 Å². The minimum atomic E-state index is 0.449. The Bertz CT molecular complexity index is 529. The SMILES string of the molecule is c1ccc2c(c1)C1c3ccccc3C2[C@H]2O[C@H]12. The smallest absolute Gasteiger partial charge is 0.0960 e. The van der Waals surface area contributed by atoms with E-state index in [1.807, 2.05) is 0 Å². The van der Waals surface area contributed by atoms with Crippen molar-refractivity contribution in [3.05, 3.63) is 70.8 Å². The predicted octanol–water partition coefficient (Wildman–Crippen LogP) is 3.04. The lowest BCUT2D eigenvalue weighted by atomic mass is 9.64. The van der Waals surface area contributed by atoms with Crippen molar-refractivity contribution in [3.8, 4) is 0 Å². The van der Waals surface area contributed by atoms with Crippen molar-refractivity contribution in [2.45, 2.75) is 24.0 Å². The first-order valence-electron chi connectivity index (χ1n) is 6.28. The maximum atomic E-state index is 5.93. The fourth-order valence-electron chi connectivity index (χ4n) is 3.87. The van der Waals surface area contributed by atoms with E-state index in [0.717, 1.165) is 0 Å². The van der Waals surface area contributed by atoms with Gasteiger partial charge in [0.2, 0.25) is 0 Å². The summed E-state index contributed by atoms with van der Waals surface area (Å²) in [4.78, 5) is 0. The Balaban J connectivity index is 1.89. The van der Waals surface area contributed by atoms with Gasteiger partial charge >= 0.3 is 0 Å². The van der Waals surface area contributed by atoms with Crippen LogP contribution in [0.3, 0.4) is 0 Å². The standard InChI is InChI=1S/C16H12O/c1-2-6-10-9(5-1)13-11-7-3-4-8-12(11)14(10)16-15(13)17-16/h1-8,13-16H/t13?,14?,15-,16-/m1/s1. The molecule has 1 heteroatoms. The molecule has 0 N–H and O–H groups in total. The van der Waals surface area contributed by atoms with Gasteiger partial charge in [0.1, 0.15) is 0 Å². The van der Waals surface area contributed by atoms with Gasteiger partial charge in [-0.3, -0.25) is 0 Å². The second kappa shape index (κ2) is 2.62. The molecule has 1 fully saturated rings. The summed E-state index contributed by atoms with van der Waals surface area (Å²) in [5.74, 6) is 0.967. The van der Waals surface area contributed by atoms with Gasteiger partial charge in [-0.1, -0.05) is 48.5 Å². The zero-order chi connectivity index (χ0) is 11.0. The largest absolute Gasteiger partial charge is 0.368 e. The van der Waals surface area contributed by atoms with Crippen molar-refractivity contribution in [2.24, 2.45) is 0 Å². The van der Waals surface area contributed by atoms with E-state index in [2.05, 4.69) is 48.5 Å². The second-order valence-electron chi connectivity index (χ2n) is 5.28. The van der Waals surface area contributed by atoms with Gasteiger partial charge in [0.05, 0.1) is 12.2 Å². The number of rotatable bonds is 0. The van der Waals surface area contributed by atoms with Gasteiger partial charge in [0.25, 0.3) is 0 Å². The van der Waals surface area contributed by atoms with Crippen molar-refractivity contribution < 1.29 is 4.74 Å². The van der Waals surface area contributed by atoms with Crippen LogP contribution in [0.5, 0.6) is 0 Å². The van der Waals surface area contributed by atoms with Gasteiger partial charge in [-0.25, -0.2) is 0 Å². The van der Waals surface area contributed by atoms with Gasteiger partial charge in [-0.05, 0) is 22.3 Å². The molecule has 0 unspecified atom stereocenters. The lowest BCUT2D eigenvalue weighted by Crippen LogP contribution is -2.31. The van der Waals surface area contributed by atoms with E-state index >= 15 is 0 Å². The number of benzene rings is 2. The zero-order valence-corrected chi connectivity index (χ0v) is 9.34. The normalized spacial score (nSPS) is 34.8. The van der Waals surface area contributed by atoms with Gasteiger partial charge in [0, 0.05) is 11.8 Å². The molecule has 2 aromatic rings. The summed E-state index contributed by atoms with van der Waals surface area (Å²) in [7, 11) is 0. The molecule has 0 aromatic heterocycles. The highest BCUT2D eigenvalue weighted by Crippen LogP contribution is 2.60. The van der Waals surface area contributed by atoms with Crippen molar-refractivity contribution in [2.75, 3.05) is 0 Å². The average Bonchev–Trinajstić information content (AvgIpc) is 3.18. The summed E-state index contributed by atoms with van der Waals surface area (Å²) in [6.07, 6.45) is 0.898. The Kier molecular flexibility index (Phi) is 1.31. The van der Waals surface area contributed by atoms with E-state index in [1.54, 1.807) is 0 Å². The maximum Gasteiger partial charge on any atom is 0.0960 e. The molecule has 1 nitrogen and oxygen atoms in total. The minimum Gasteiger partial charge on any atom is -0.368 e. The van der Waals surface area contributed by atoms with E-state index in [4.69, 9.17) is 4.74 Å². The zero-order valence-electron chi connectivity index (χ0n) is 9.34. The average molecular weight is 220 g/mol. The number of hydrogen-bond acceptors (Lipinski definition) is 1. The predicted molar refractivity (Wildman–Crippen MR) is 65.2 cm³/mol. The Morgan fingerprint density at radius 1 is 0.588 bits per heavy atom. The van der Waals surface area contributed by atoms with Crippen LogP contribution in [0.1, 0.15) is 34.1 Å². The first-order chi connectivity index (χ1) is 8.45. The summed E-state index contributed by atoms with van der Waals surface area (Å²) in [5, 5.41) is 0. The Labute approximate surface area is 100 Å². The molecule has 0 radical (unpaired) electrons. The molecule has 1 saturated heterocycles. The maximum absolute atomic E-state index is 5.93. The highest BCUT2D eigenvalue weighted by molar-refractivity contribution is 5.59. The van der Waals surface area contributed by atoms with Gasteiger partial charge in [-0.2, -0.15) is 0 Å². The Morgan fingerprint density at radius 3 is 1.29 bits per heavy atom. The van der Waals surface area contributed by atoms with E-state index in [0.29, 0.717) is 24.0 Å². The van der Waals surface area contributed by atoms with Crippen LogP contribution >= 0.6 is 0 Å². The second-order valence-corrected chi connectivity index (χ2v) is 5.28. The van der Waals surface area contributed by atoms with Crippen molar-refractivity contribution in [1.29, 1.82) is 0 Å². The molecular formula is C16H12O. The molecular weight excluding hydrogens is 208 g/mol. The van der Waals surface area contributed by atoms with Crippen LogP contribution in [0.4, 0.5) is 0 Å². The Hall–Kier alpha value is -1.60. The summed E-state index contributed by atoms with van der Waals surface area (Å²) in [5.41, 5.74) is 5.98. The highest BCUT2D eigenvalue weighted by Gasteiger charge is 2.60. The molecule has 3 aliphatic carbocycles. The van der Waals surface area contributed by atoms with Crippen LogP contribution in [0, 0.1) is 0 Å². The van der Waals surface area contributed by atoms with Crippen LogP contribution in [0.15, 0.2) is 48.5 Å². The fourth-order valence-corrected chi connectivity index (χ4v) is 3.87. The summed E-state index contributed by atoms with van der Waals surface area (Å²) < 4.78 is 5.93. The van der Waals surface area contributed by atoms with Crippen molar-refractivity contribution in [1.82, 2.24) is 0 Å². The third-order valence-electron chi connectivity index (χ3n) is 4.55. The molecule has 2 aromatic carbocycles. The monoisotopic (exact) mass is 220 g/mol. The quantitative estimate of drug-likeness (QED) is 0.622. The number of epoxide rings is 1. The van der Waals surface area contributed by atoms with E-state index in [-0.39, 0.29) is 0 Å². The first-order valence-corrected chi connectivity index (χ1v) is 6.28. The van der Waals surface area contributed by atoms with Gasteiger partial charge < -0.3 is 4.74 Å². The molecule has 0 saturated carbocycles. The summed E-state index contributed by atoms with van der Waals surface area (Å²) in [6.45, 7) is 0. The molecule has 6 rings (SSSR count). The molecule has 4 aliphatic rings.